The lowest BCUT2D eigenvalue weighted by atomic mass is 10.1. The van der Waals surface area contributed by atoms with Gasteiger partial charge in [-0.3, -0.25) is 9.59 Å². The molecule has 0 bridgehead atoms. The number of aromatic nitrogens is 4. The maximum Gasteiger partial charge on any atom is 0.268 e. The van der Waals surface area contributed by atoms with Gasteiger partial charge in [0.25, 0.3) is 11.5 Å². The smallest absolute Gasteiger partial charge is 0.268 e. The van der Waals surface area contributed by atoms with Crippen molar-refractivity contribution in [3.05, 3.63) is 64.7 Å². The lowest BCUT2D eigenvalue weighted by Crippen LogP contribution is -2.24. The minimum absolute atomic E-state index is 0.0692. The van der Waals surface area contributed by atoms with Gasteiger partial charge in [0.1, 0.15) is 17.1 Å². The topological polar surface area (TPSA) is 104 Å². The molecular formula is C18H17N5O2. The molecule has 2 heterocycles. The molecule has 126 valence electrons. The normalized spacial score (nSPS) is 10.8. The molecule has 3 rings (SSSR count). The van der Waals surface area contributed by atoms with Gasteiger partial charge in [-0.25, -0.2) is 14.6 Å². The summed E-state index contributed by atoms with van der Waals surface area (Å²) in [5.74, 6) is -0.656. The Hall–Kier alpha value is -3.35. The van der Waals surface area contributed by atoms with E-state index in [9.17, 15) is 9.59 Å². The number of carbonyl (C=O) groups is 1. The zero-order chi connectivity index (χ0) is 18.0. The minimum Gasteiger partial charge on any atom is -0.364 e. The summed E-state index contributed by atoms with van der Waals surface area (Å²) in [4.78, 5) is 32.1. The molecule has 2 aromatic heterocycles. The highest BCUT2D eigenvalue weighted by molar-refractivity contribution is 5.92. The zero-order valence-corrected chi connectivity index (χ0v) is 13.9. The number of hydrogen-bond acceptors (Lipinski definition) is 5. The average Bonchev–Trinajstić information content (AvgIpc) is 2.62. The predicted molar refractivity (Wildman–Crippen MR) is 93.9 cm³/mol. The van der Waals surface area contributed by atoms with Crippen LogP contribution in [0.5, 0.6) is 0 Å². The Balaban J connectivity index is 2.24. The molecule has 25 heavy (non-hydrogen) atoms. The fourth-order valence-corrected chi connectivity index (χ4v) is 2.41. The van der Waals surface area contributed by atoms with Crippen molar-refractivity contribution in [3.63, 3.8) is 0 Å². The van der Waals surface area contributed by atoms with Crippen molar-refractivity contribution in [2.45, 2.75) is 19.9 Å². The standard InChI is InChI=1S/C18H17N5O2/c1-11(2)23-15(24)9-8-13(22-23)17-16(12-6-4-3-5-7-12)21-14(10-20-17)18(19)25/h3-11H,1-2H3,(H2,19,25). The second kappa shape index (κ2) is 6.64. The van der Waals surface area contributed by atoms with Gasteiger partial charge in [-0.15, -0.1) is 0 Å². The lowest BCUT2D eigenvalue weighted by Gasteiger charge is -2.12. The van der Waals surface area contributed by atoms with Crippen LogP contribution >= 0.6 is 0 Å². The number of rotatable bonds is 4. The molecule has 7 heteroatoms. The molecule has 0 aliphatic rings. The van der Waals surface area contributed by atoms with Crippen molar-refractivity contribution in [3.8, 4) is 22.6 Å². The van der Waals surface area contributed by atoms with E-state index in [1.807, 2.05) is 44.2 Å². The van der Waals surface area contributed by atoms with Gasteiger partial charge in [0.05, 0.1) is 17.9 Å². The van der Waals surface area contributed by atoms with Crippen LogP contribution in [-0.4, -0.2) is 25.7 Å². The fourth-order valence-electron chi connectivity index (χ4n) is 2.41. The zero-order valence-electron chi connectivity index (χ0n) is 13.9. The van der Waals surface area contributed by atoms with Gasteiger partial charge in [-0.05, 0) is 19.9 Å². The van der Waals surface area contributed by atoms with E-state index in [0.717, 1.165) is 5.56 Å². The molecule has 0 fully saturated rings. The minimum atomic E-state index is -0.656. The van der Waals surface area contributed by atoms with E-state index in [1.54, 1.807) is 6.07 Å². The van der Waals surface area contributed by atoms with Crippen LogP contribution in [0.1, 0.15) is 30.4 Å². The number of carbonyl (C=O) groups excluding carboxylic acids is 1. The Morgan fingerprint density at radius 1 is 1.08 bits per heavy atom. The van der Waals surface area contributed by atoms with E-state index in [4.69, 9.17) is 5.73 Å². The van der Waals surface area contributed by atoms with Crippen LogP contribution in [0.15, 0.2) is 53.5 Å². The van der Waals surface area contributed by atoms with Crippen molar-refractivity contribution < 1.29 is 4.79 Å². The first-order valence-corrected chi connectivity index (χ1v) is 7.80. The number of amides is 1. The van der Waals surface area contributed by atoms with Crippen molar-refractivity contribution in [2.24, 2.45) is 5.73 Å². The molecule has 1 aromatic carbocycles. The van der Waals surface area contributed by atoms with Crippen molar-refractivity contribution in [1.82, 2.24) is 19.7 Å². The number of nitrogens with two attached hydrogens (primary N) is 1. The van der Waals surface area contributed by atoms with Gasteiger partial charge in [0.2, 0.25) is 0 Å². The van der Waals surface area contributed by atoms with Gasteiger partial charge < -0.3 is 5.73 Å². The summed E-state index contributed by atoms with van der Waals surface area (Å²) < 4.78 is 1.38. The monoisotopic (exact) mass is 335 g/mol. The van der Waals surface area contributed by atoms with E-state index in [-0.39, 0.29) is 17.3 Å². The molecule has 0 saturated heterocycles. The second-order valence-electron chi connectivity index (χ2n) is 5.78. The summed E-state index contributed by atoms with van der Waals surface area (Å²) in [7, 11) is 0. The van der Waals surface area contributed by atoms with E-state index >= 15 is 0 Å². The van der Waals surface area contributed by atoms with Gasteiger partial charge >= 0.3 is 0 Å². The summed E-state index contributed by atoms with van der Waals surface area (Å²) in [6.07, 6.45) is 1.32. The van der Waals surface area contributed by atoms with Gasteiger partial charge in [-0.1, -0.05) is 30.3 Å². The van der Waals surface area contributed by atoms with Crippen LogP contribution in [0.2, 0.25) is 0 Å². The molecule has 0 atom stereocenters. The van der Waals surface area contributed by atoms with Crippen LogP contribution in [-0.2, 0) is 0 Å². The second-order valence-corrected chi connectivity index (χ2v) is 5.78. The summed E-state index contributed by atoms with van der Waals surface area (Å²) in [5, 5.41) is 4.39. The molecule has 0 spiro atoms. The maximum atomic E-state index is 11.9. The summed E-state index contributed by atoms with van der Waals surface area (Å²) in [6.45, 7) is 3.75. The lowest BCUT2D eigenvalue weighted by molar-refractivity contribution is 0.0995. The summed E-state index contributed by atoms with van der Waals surface area (Å²) >= 11 is 0. The molecule has 0 saturated carbocycles. The highest BCUT2D eigenvalue weighted by Gasteiger charge is 2.16. The highest BCUT2D eigenvalue weighted by atomic mass is 16.1. The first-order chi connectivity index (χ1) is 12.0. The molecule has 0 unspecified atom stereocenters. The maximum absolute atomic E-state index is 11.9. The third-order valence-electron chi connectivity index (χ3n) is 3.63. The quantitative estimate of drug-likeness (QED) is 0.786. The van der Waals surface area contributed by atoms with Gasteiger partial charge in [0.15, 0.2) is 0 Å². The van der Waals surface area contributed by atoms with Crippen LogP contribution in [0.25, 0.3) is 22.6 Å². The average molecular weight is 335 g/mol. The number of hydrogen-bond donors (Lipinski definition) is 1. The van der Waals surface area contributed by atoms with Crippen molar-refractivity contribution in [2.75, 3.05) is 0 Å². The fraction of sp³-hybridized carbons (Fsp3) is 0.167. The largest absolute Gasteiger partial charge is 0.364 e. The Labute approximate surface area is 144 Å². The molecule has 0 radical (unpaired) electrons. The summed E-state index contributed by atoms with van der Waals surface area (Å²) in [6, 6.07) is 12.3. The van der Waals surface area contributed by atoms with E-state index in [2.05, 4.69) is 15.1 Å². The van der Waals surface area contributed by atoms with E-state index < -0.39 is 5.91 Å². The predicted octanol–water partition coefficient (Wildman–Crippen LogP) is 2.05. The van der Waals surface area contributed by atoms with E-state index in [1.165, 1.54) is 16.9 Å². The van der Waals surface area contributed by atoms with E-state index in [0.29, 0.717) is 17.1 Å². The number of primary amides is 1. The van der Waals surface area contributed by atoms with Crippen LogP contribution in [0.3, 0.4) is 0 Å². The molecular weight excluding hydrogens is 318 g/mol. The molecule has 7 nitrogen and oxygen atoms in total. The SMILES string of the molecule is CC(C)n1nc(-c2ncc(C(N)=O)nc2-c2ccccc2)ccc1=O. The first kappa shape index (κ1) is 16.5. The van der Waals surface area contributed by atoms with Crippen LogP contribution in [0.4, 0.5) is 0 Å². The third kappa shape index (κ3) is 3.30. The van der Waals surface area contributed by atoms with Crippen LogP contribution in [0, 0.1) is 0 Å². The Morgan fingerprint density at radius 3 is 2.44 bits per heavy atom. The third-order valence-corrected chi connectivity index (χ3v) is 3.63. The summed E-state index contributed by atoms with van der Waals surface area (Å²) in [5.41, 5.74) is 7.44. The number of benzene rings is 1. The van der Waals surface area contributed by atoms with Crippen molar-refractivity contribution >= 4 is 5.91 Å². The van der Waals surface area contributed by atoms with Crippen molar-refractivity contribution in [1.29, 1.82) is 0 Å². The molecule has 0 aliphatic heterocycles. The molecule has 3 aromatic rings. The molecule has 2 N–H and O–H groups in total. The Kier molecular flexibility index (Phi) is 4.38. The first-order valence-electron chi connectivity index (χ1n) is 7.80. The van der Waals surface area contributed by atoms with Crippen LogP contribution < -0.4 is 11.3 Å². The van der Waals surface area contributed by atoms with Gasteiger partial charge in [-0.2, -0.15) is 5.10 Å². The van der Waals surface area contributed by atoms with Gasteiger partial charge in [0, 0.05) is 11.6 Å². The number of nitrogens with zero attached hydrogens (tertiary/aromatic N) is 4. The highest BCUT2D eigenvalue weighted by Crippen LogP contribution is 2.27. The Morgan fingerprint density at radius 2 is 1.80 bits per heavy atom. The molecule has 1 amide bonds. The Bertz CT molecular complexity index is 980. The molecule has 0 aliphatic carbocycles.